The summed E-state index contributed by atoms with van der Waals surface area (Å²) >= 11 is 0. The zero-order chi connectivity index (χ0) is 19.4. The standard InChI is InChI=1S/C20H24N2O4S/c1-3-18(16-7-5-6-8-19(16)26-4-2)22-27(24,25)15-10-9-14-11-12-21-20(23)17(14)13-15/h5-10,13,18,22H,3-4,11-12H2,1-2H3,(H,21,23). The molecule has 0 saturated heterocycles. The first-order valence-electron chi connectivity index (χ1n) is 9.11. The number of benzene rings is 2. The molecule has 0 aliphatic carbocycles. The van der Waals surface area contributed by atoms with Gasteiger partial charge in [0.15, 0.2) is 0 Å². The highest BCUT2D eigenvalue weighted by molar-refractivity contribution is 7.89. The SMILES string of the molecule is CCOc1ccccc1C(CC)NS(=O)(=O)c1ccc2c(c1)C(=O)NCC2. The molecule has 0 spiro atoms. The Morgan fingerprint density at radius 1 is 1.19 bits per heavy atom. The van der Waals surface area contributed by atoms with Crippen molar-refractivity contribution in [1.29, 1.82) is 0 Å². The van der Waals surface area contributed by atoms with Gasteiger partial charge in [-0.05, 0) is 43.5 Å². The minimum atomic E-state index is -3.79. The summed E-state index contributed by atoms with van der Waals surface area (Å²) in [5.41, 5.74) is 2.08. The number of para-hydroxylation sites is 1. The Hall–Kier alpha value is -2.38. The molecule has 1 heterocycles. The van der Waals surface area contributed by atoms with E-state index in [-0.39, 0.29) is 10.8 Å². The fraction of sp³-hybridized carbons (Fsp3) is 0.350. The number of ether oxygens (including phenoxy) is 1. The molecule has 3 rings (SSSR count). The zero-order valence-corrected chi connectivity index (χ0v) is 16.3. The van der Waals surface area contributed by atoms with Gasteiger partial charge >= 0.3 is 0 Å². The van der Waals surface area contributed by atoms with Gasteiger partial charge in [-0.3, -0.25) is 4.79 Å². The molecule has 2 aromatic carbocycles. The van der Waals surface area contributed by atoms with Crippen LogP contribution in [0.4, 0.5) is 0 Å². The first-order valence-corrected chi connectivity index (χ1v) is 10.6. The predicted octanol–water partition coefficient (Wildman–Crippen LogP) is 2.80. The monoisotopic (exact) mass is 388 g/mol. The number of hydrogen-bond donors (Lipinski definition) is 2. The molecule has 1 aliphatic heterocycles. The summed E-state index contributed by atoms with van der Waals surface area (Å²) in [6.45, 7) is 4.87. The number of amides is 1. The maximum absolute atomic E-state index is 13.0. The van der Waals surface area contributed by atoms with E-state index >= 15 is 0 Å². The van der Waals surface area contributed by atoms with Crippen molar-refractivity contribution in [2.24, 2.45) is 0 Å². The molecule has 1 atom stereocenters. The van der Waals surface area contributed by atoms with Crippen LogP contribution in [-0.2, 0) is 16.4 Å². The molecule has 6 nitrogen and oxygen atoms in total. The van der Waals surface area contributed by atoms with E-state index in [9.17, 15) is 13.2 Å². The molecule has 1 aliphatic rings. The van der Waals surface area contributed by atoms with Crippen LogP contribution in [0.2, 0.25) is 0 Å². The number of carbonyl (C=O) groups is 1. The van der Waals surface area contributed by atoms with Crippen molar-refractivity contribution in [3.63, 3.8) is 0 Å². The lowest BCUT2D eigenvalue weighted by Crippen LogP contribution is -2.33. The van der Waals surface area contributed by atoms with Gasteiger partial charge in [0.2, 0.25) is 10.0 Å². The molecule has 0 saturated carbocycles. The summed E-state index contributed by atoms with van der Waals surface area (Å²) in [6.07, 6.45) is 1.27. The lowest BCUT2D eigenvalue weighted by Gasteiger charge is -2.21. The number of carbonyl (C=O) groups excluding carboxylic acids is 1. The first kappa shape index (κ1) is 19.4. The van der Waals surface area contributed by atoms with E-state index in [2.05, 4.69) is 10.0 Å². The highest BCUT2D eigenvalue weighted by atomic mass is 32.2. The van der Waals surface area contributed by atoms with E-state index in [4.69, 9.17) is 4.74 Å². The number of nitrogens with one attached hydrogen (secondary N) is 2. The zero-order valence-electron chi connectivity index (χ0n) is 15.5. The van der Waals surface area contributed by atoms with E-state index in [0.29, 0.717) is 37.3 Å². The van der Waals surface area contributed by atoms with Crippen molar-refractivity contribution in [1.82, 2.24) is 10.0 Å². The van der Waals surface area contributed by atoms with Crippen LogP contribution in [0.5, 0.6) is 5.75 Å². The van der Waals surface area contributed by atoms with Crippen molar-refractivity contribution in [2.45, 2.75) is 37.6 Å². The summed E-state index contributed by atoms with van der Waals surface area (Å²) in [6, 6.07) is 11.7. The molecule has 0 aromatic heterocycles. The lowest BCUT2D eigenvalue weighted by molar-refractivity contribution is 0.0945. The Bertz CT molecular complexity index is 941. The van der Waals surface area contributed by atoms with Crippen LogP contribution in [0, 0.1) is 0 Å². The van der Waals surface area contributed by atoms with Gasteiger partial charge in [-0.25, -0.2) is 13.1 Å². The highest BCUT2D eigenvalue weighted by Crippen LogP contribution is 2.29. The summed E-state index contributed by atoms with van der Waals surface area (Å²) in [5.74, 6) is 0.432. The van der Waals surface area contributed by atoms with Gasteiger partial charge in [0.1, 0.15) is 5.75 Å². The van der Waals surface area contributed by atoms with Crippen LogP contribution in [0.15, 0.2) is 47.4 Å². The Kier molecular flexibility index (Phi) is 5.82. The summed E-state index contributed by atoms with van der Waals surface area (Å²) < 4.78 is 34.3. The highest BCUT2D eigenvalue weighted by Gasteiger charge is 2.25. The molecule has 0 radical (unpaired) electrons. The van der Waals surface area contributed by atoms with Crippen molar-refractivity contribution in [2.75, 3.05) is 13.2 Å². The average Bonchev–Trinajstić information content (AvgIpc) is 2.67. The third-order valence-electron chi connectivity index (χ3n) is 4.62. The number of rotatable bonds is 7. The fourth-order valence-electron chi connectivity index (χ4n) is 3.24. The second-order valence-electron chi connectivity index (χ2n) is 6.38. The summed E-state index contributed by atoms with van der Waals surface area (Å²) in [4.78, 5) is 12.1. The van der Waals surface area contributed by atoms with Crippen molar-refractivity contribution < 1.29 is 17.9 Å². The smallest absolute Gasteiger partial charge is 0.251 e. The van der Waals surface area contributed by atoms with Crippen molar-refractivity contribution in [3.05, 3.63) is 59.2 Å². The molecule has 1 unspecified atom stereocenters. The molecule has 2 N–H and O–H groups in total. The molecule has 7 heteroatoms. The summed E-state index contributed by atoms with van der Waals surface area (Å²) in [5, 5.41) is 2.75. The fourth-order valence-corrected chi connectivity index (χ4v) is 4.56. The van der Waals surface area contributed by atoms with E-state index < -0.39 is 16.1 Å². The first-order chi connectivity index (χ1) is 13.0. The van der Waals surface area contributed by atoms with Crippen LogP contribution in [0.1, 0.15) is 47.8 Å². The quantitative estimate of drug-likeness (QED) is 0.764. The number of hydrogen-bond acceptors (Lipinski definition) is 4. The van der Waals surface area contributed by atoms with Gasteiger partial charge in [-0.1, -0.05) is 31.2 Å². The lowest BCUT2D eigenvalue weighted by atomic mass is 10.0. The van der Waals surface area contributed by atoms with E-state index in [0.717, 1.165) is 11.1 Å². The normalized spacial score (nSPS) is 15.0. The third-order valence-corrected chi connectivity index (χ3v) is 6.09. The Labute approximate surface area is 160 Å². The maximum Gasteiger partial charge on any atom is 0.251 e. The van der Waals surface area contributed by atoms with Crippen molar-refractivity contribution >= 4 is 15.9 Å². The molecule has 1 amide bonds. The summed E-state index contributed by atoms with van der Waals surface area (Å²) in [7, 11) is -3.79. The van der Waals surface area contributed by atoms with Crippen LogP contribution in [-0.4, -0.2) is 27.5 Å². The molecule has 2 aromatic rings. The van der Waals surface area contributed by atoms with Crippen LogP contribution < -0.4 is 14.8 Å². The Morgan fingerprint density at radius 2 is 1.96 bits per heavy atom. The van der Waals surface area contributed by atoms with Gasteiger partial charge in [-0.2, -0.15) is 0 Å². The maximum atomic E-state index is 13.0. The topological polar surface area (TPSA) is 84.5 Å². The van der Waals surface area contributed by atoms with E-state index in [1.807, 2.05) is 38.1 Å². The van der Waals surface area contributed by atoms with Gasteiger partial charge < -0.3 is 10.1 Å². The van der Waals surface area contributed by atoms with Gasteiger partial charge in [0.25, 0.3) is 5.91 Å². The molecule has 144 valence electrons. The minimum absolute atomic E-state index is 0.0886. The Morgan fingerprint density at radius 3 is 2.70 bits per heavy atom. The largest absolute Gasteiger partial charge is 0.494 e. The van der Waals surface area contributed by atoms with Crippen LogP contribution in [0.25, 0.3) is 0 Å². The van der Waals surface area contributed by atoms with Gasteiger partial charge in [0, 0.05) is 17.7 Å². The van der Waals surface area contributed by atoms with Gasteiger partial charge in [-0.15, -0.1) is 0 Å². The van der Waals surface area contributed by atoms with Gasteiger partial charge in [0.05, 0.1) is 17.5 Å². The predicted molar refractivity (Wildman–Crippen MR) is 103 cm³/mol. The number of fused-ring (bicyclic) bond motifs is 1. The van der Waals surface area contributed by atoms with E-state index in [1.165, 1.54) is 6.07 Å². The molecular formula is C20H24N2O4S. The average molecular weight is 388 g/mol. The minimum Gasteiger partial charge on any atom is -0.494 e. The van der Waals surface area contributed by atoms with Crippen molar-refractivity contribution in [3.8, 4) is 5.75 Å². The second-order valence-corrected chi connectivity index (χ2v) is 8.09. The second kappa shape index (κ2) is 8.10. The van der Waals surface area contributed by atoms with E-state index in [1.54, 1.807) is 12.1 Å². The molecular weight excluding hydrogens is 364 g/mol. The molecule has 0 fully saturated rings. The number of sulfonamides is 1. The van der Waals surface area contributed by atoms with Crippen LogP contribution in [0.3, 0.4) is 0 Å². The molecule has 27 heavy (non-hydrogen) atoms. The third kappa shape index (κ3) is 4.14. The van der Waals surface area contributed by atoms with Crippen LogP contribution >= 0.6 is 0 Å². The Balaban J connectivity index is 1.91. The molecule has 0 bridgehead atoms.